The lowest BCUT2D eigenvalue weighted by atomic mass is 9.55. The van der Waals surface area contributed by atoms with Crippen LogP contribution in [-0.4, -0.2) is 16.3 Å². The van der Waals surface area contributed by atoms with E-state index in [0.29, 0.717) is 5.75 Å². The smallest absolute Gasteiger partial charge is 0.152 e. The second kappa shape index (κ2) is 8.64. The average Bonchev–Trinajstić information content (AvgIpc) is 2.82. The zero-order valence-electron chi connectivity index (χ0n) is 18.9. The van der Waals surface area contributed by atoms with E-state index in [2.05, 4.69) is 36.4 Å². The summed E-state index contributed by atoms with van der Waals surface area (Å²) in [5.74, 6) is 0.712. The molecule has 0 saturated carbocycles. The fourth-order valence-corrected chi connectivity index (χ4v) is 4.78. The molecule has 0 bridgehead atoms. The molecule has 32 heavy (non-hydrogen) atoms. The zero-order chi connectivity index (χ0) is 22.7. The molecule has 0 radical (unpaired) electrons. The van der Waals surface area contributed by atoms with Gasteiger partial charge in [-0.25, -0.2) is 0 Å². The molecule has 1 unspecified atom stereocenters. The van der Waals surface area contributed by atoms with Gasteiger partial charge in [0.05, 0.1) is 11.0 Å². The molecule has 4 rings (SSSR count). The van der Waals surface area contributed by atoms with Crippen molar-refractivity contribution < 1.29 is 9.84 Å². The van der Waals surface area contributed by atoms with Crippen molar-refractivity contribution in [2.24, 2.45) is 0 Å². The van der Waals surface area contributed by atoms with E-state index in [-0.39, 0.29) is 0 Å². The predicted octanol–water partition coefficient (Wildman–Crippen LogP) is 6.63. The first-order chi connectivity index (χ1) is 15.4. The summed E-state index contributed by atoms with van der Waals surface area (Å²) in [5.41, 5.74) is 0.0644. The third-order valence-electron chi connectivity index (χ3n) is 6.57. The van der Waals surface area contributed by atoms with E-state index in [9.17, 15) is 5.11 Å². The van der Waals surface area contributed by atoms with Crippen molar-refractivity contribution in [3.63, 3.8) is 0 Å². The SMILES string of the molecule is CC(C)(O)C(C)(Oc1ccccc1)C(c1ccccc1)(c1ccccc1)c1ccccc1. The number of hydrogen-bond acceptors (Lipinski definition) is 2. The summed E-state index contributed by atoms with van der Waals surface area (Å²) in [6, 6.07) is 40.8. The largest absolute Gasteiger partial charge is 0.483 e. The highest BCUT2D eigenvalue weighted by atomic mass is 16.5. The predicted molar refractivity (Wildman–Crippen MR) is 131 cm³/mol. The quantitative estimate of drug-likeness (QED) is 0.339. The van der Waals surface area contributed by atoms with Gasteiger partial charge in [0, 0.05) is 0 Å². The molecule has 4 aromatic rings. The van der Waals surface area contributed by atoms with Gasteiger partial charge in [-0.2, -0.15) is 0 Å². The Hall–Kier alpha value is -3.36. The molecular formula is C30H30O2. The number of benzene rings is 4. The van der Waals surface area contributed by atoms with Crippen molar-refractivity contribution in [2.45, 2.75) is 37.4 Å². The monoisotopic (exact) mass is 422 g/mol. The summed E-state index contributed by atoms with van der Waals surface area (Å²) in [6.45, 7) is 5.69. The number of para-hydroxylation sites is 1. The normalized spacial score (nSPS) is 13.9. The summed E-state index contributed by atoms with van der Waals surface area (Å²) < 4.78 is 6.85. The molecule has 0 heterocycles. The van der Waals surface area contributed by atoms with E-state index >= 15 is 0 Å². The van der Waals surface area contributed by atoms with Crippen LogP contribution in [-0.2, 0) is 5.41 Å². The van der Waals surface area contributed by atoms with Crippen LogP contribution in [0.2, 0.25) is 0 Å². The molecule has 1 N–H and O–H groups in total. The van der Waals surface area contributed by atoms with E-state index < -0.39 is 16.6 Å². The number of aliphatic hydroxyl groups is 1. The highest BCUT2D eigenvalue weighted by Crippen LogP contribution is 2.53. The van der Waals surface area contributed by atoms with Crippen molar-refractivity contribution >= 4 is 0 Å². The maximum Gasteiger partial charge on any atom is 0.152 e. The Kier molecular flexibility index (Phi) is 5.90. The first-order valence-electron chi connectivity index (χ1n) is 11.0. The molecule has 0 spiro atoms. The van der Waals surface area contributed by atoms with Gasteiger partial charge >= 0.3 is 0 Å². The third-order valence-corrected chi connectivity index (χ3v) is 6.57. The highest BCUT2D eigenvalue weighted by molar-refractivity contribution is 5.55. The van der Waals surface area contributed by atoms with Gasteiger partial charge in [0.2, 0.25) is 0 Å². The van der Waals surface area contributed by atoms with Gasteiger partial charge in [0.1, 0.15) is 5.75 Å². The molecule has 0 aromatic heterocycles. The molecule has 0 amide bonds. The van der Waals surface area contributed by atoms with Crippen LogP contribution in [0.4, 0.5) is 0 Å². The van der Waals surface area contributed by atoms with Crippen molar-refractivity contribution in [3.05, 3.63) is 138 Å². The Bertz CT molecular complexity index is 1020. The van der Waals surface area contributed by atoms with Crippen LogP contribution in [0.3, 0.4) is 0 Å². The lowest BCUT2D eigenvalue weighted by molar-refractivity contribution is -0.129. The van der Waals surface area contributed by atoms with Crippen molar-refractivity contribution in [3.8, 4) is 5.75 Å². The van der Waals surface area contributed by atoms with Crippen LogP contribution in [0.25, 0.3) is 0 Å². The third kappa shape index (κ3) is 3.61. The topological polar surface area (TPSA) is 29.5 Å². The Morgan fingerprint density at radius 3 is 1.12 bits per heavy atom. The number of ether oxygens (including phenoxy) is 1. The van der Waals surface area contributed by atoms with E-state index in [0.717, 1.165) is 16.7 Å². The minimum Gasteiger partial charge on any atom is -0.483 e. The van der Waals surface area contributed by atoms with E-state index in [1.165, 1.54) is 0 Å². The molecule has 0 aliphatic rings. The molecule has 0 fully saturated rings. The standard InChI is InChI=1S/C30H30O2/c1-28(2,31)29(3,32-27-22-14-7-15-23-27)30(24-16-8-4-9-17-24,25-18-10-5-11-19-25)26-20-12-6-13-21-26/h4-23,31H,1-3H3. The average molecular weight is 423 g/mol. The van der Waals surface area contributed by atoms with Gasteiger partial charge in [0.25, 0.3) is 0 Å². The fraction of sp³-hybridized carbons (Fsp3) is 0.200. The van der Waals surface area contributed by atoms with Crippen LogP contribution < -0.4 is 4.74 Å². The van der Waals surface area contributed by atoms with Gasteiger partial charge in [-0.1, -0.05) is 109 Å². The zero-order valence-corrected chi connectivity index (χ0v) is 18.9. The second-order valence-electron chi connectivity index (χ2n) is 8.86. The van der Waals surface area contributed by atoms with Crippen molar-refractivity contribution in [1.29, 1.82) is 0 Å². The van der Waals surface area contributed by atoms with Gasteiger partial charge < -0.3 is 9.84 Å². The van der Waals surface area contributed by atoms with Crippen LogP contribution in [0.5, 0.6) is 5.75 Å². The maximum absolute atomic E-state index is 11.8. The molecule has 0 aliphatic carbocycles. The summed E-state index contributed by atoms with van der Waals surface area (Å²) in [5, 5.41) is 11.8. The van der Waals surface area contributed by atoms with Crippen LogP contribution in [0.1, 0.15) is 37.5 Å². The number of rotatable bonds is 7. The molecule has 1 atom stereocenters. The lowest BCUT2D eigenvalue weighted by Gasteiger charge is -2.55. The summed E-state index contributed by atoms with van der Waals surface area (Å²) in [7, 11) is 0. The first-order valence-corrected chi connectivity index (χ1v) is 11.0. The fourth-order valence-electron chi connectivity index (χ4n) is 4.78. The van der Waals surface area contributed by atoms with E-state index in [1.54, 1.807) is 0 Å². The molecule has 162 valence electrons. The minimum atomic E-state index is -1.22. The molecule has 2 heteroatoms. The summed E-state index contributed by atoms with van der Waals surface area (Å²) in [4.78, 5) is 0. The Balaban J connectivity index is 2.14. The van der Waals surface area contributed by atoms with Gasteiger partial charge in [-0.15, -0.1) is 0 Å². The van der Waals surface area contributed by atoms with Gasteiger partial charge in [0.15, 0.2) is 5.60 Å². The summed E-state index contributed by atoms with van der Waals surface area (Å²) in [6.07, 6.45) is 0. The van der Waals surface area contributed by atoms with Crippen LogP contribution in [0, 0.1) is 0 Å². The molecule has 4 aromatic carbocycles. The lowest BCUT2D eigenvalue weighted by Crippen LogP contribution is -2.66. The second-order valence-corrected chi connectivity index (χ2v) is 8.86. The highest BCUT2D eigenvalue weighted by Gasteiger charge is 2.61. The molecule has 2 nitrogen and oxygen atoms in total. The van der Waals surface area contributed by atoms with Crippen LogP contribution >= 0.6 is 0 Å². The van der Waals surface area contributed by atoms with Crippen molar-refractivity contribution in [1.82, 2.24) is 0 Å². The van der Waals surface area contributed by atoms with E-state index in [1.807, 2.05) is 106 Å². The molecule has 0 saturated heterocycles. The van der Waals surface area contributed by atoms with Gasteiger partial charge in [-0.3, -0.25) is 0 Å². The van der Waals surface area contributed by atoms with E-state index in [4.69, 9.17) is 4.74 Å². The summed E-state index contributed by atoms with van der Waals surface area (Å²) >= 11 is 0. The maximum atomic E-state index is 11.8. The Morgan fingerprint density at radius 1 is 0.500 bits per heavy atom. The number of hydrogen-bond donors (Lipinski definition) is 1. The van der Waals surface area contributed by atoms with Crippen molar-refractivity contribution in [2.75, 3.05) is 0 Å². The Morgan fingerprint density at radius 2 is 0.812 bits per heavy atom. The molecular weight excluding hydrogens is 392 g/mol. The first kappa shape index (κ1) is 21.9. The van der Waals surface area contributed by atoms with Crippen LogP contribution in [0.15, 0.2) is 121 Å². The Labute approximate surface area is 191 Å². The van der Waals surface area contributed by atoms with Gasteiger partial charge in [-0.05, 0) is 49.6 Å². The molecule has 0 aliphatic heterocycles. The minimum absolute atomic E-state index is 0.712.